The number of aromatic nitrogens is 2. The summed E-state index contributed by atoms with van der Waals surface area (Å²) in [5.74, 6) is -1.72. The Hall–Kier alpha value is -2.45. The molecule has 0 spiro atoms. The number of halogens is 3. The quantitative estimate of drug-likeness (QED) is 0.278. The van der Waals surface area contributed by atoms with Crippen LogP contribution in [0.3, 0.4) is 0 Å². The average Bonchev–Trinajstić information content (AvgIpc) is 2.79. The molecule has 0 saturated carbocycles. The summed E-state index contributed by atoms with van der Waals surface area (Å²) < 4.78 is 29.2. The third-order valence-electron chi connectivity index (χ3n) is 5.47. The normalized spacial score (nSPS) is 12.2. The lowest BCUT2D eigenvalue weighted by molar-refractivity contribution is -0.130. The number of carbonyl (C=O) groups is 1. The van der Waals surface area contributed by atoms with E-state index >= 15 is 0 Å². The monoisotopic (exact) mass is 493 g/mol. The molecule has 2 aromatic carbocycles. The topological polar surface area (TPSA) is 55.2 Å². The molecule has 176 valence electrons. The first-order valence-electron chi connectivity index (χ1n) is 10.9. The molecule has 0 bridgehead atoms. The Morgan fingerprint density at radius 1 is 1.21 bits per heavy atom. The first kappa shape index (κ1) is 25.2. The highest BCUT2D eigenvalue weighted by Crippen LogP contribution is 2.25. The lowest BCUT2D eigenvalue weighted by atomic mass is 10.2. The molecule has 1 amide bonds. The van der Waals surface area contributed by atoms with Crippen molar-refractivity contribution < 1.29 is 13.6 Å². The fourth-order valence-electron chi connectivity index (χ4n) is 3.46. The van der Waals surface area contributed by atoms with Crippen LogP contribution in [0.2, 0.25) is 5.02 Å². The van der Waals surface area contributed by atoms with Gasteiger partial charge in [0.2, 0.25) is 5.91 Å². The van der Waals surface area contributed by atoms with E-state index < -0.39 is 17.2 Å². The summed E-state index contributed by atoms with van der Waals surface area (Å²) >= 11 is 7.10. The minimum absolute atomic E-state index is 0.0302. The molecule has 3 aromatic rings. The smallest absolute Gasteiger partial charge is 0.266 e. The van der Waals surface area contributed by atoms with Gasteiger partial charge in [-0.25, -0.2) is 13.8 Å². The van der Waals surface area contributed by atoms with Gasteiger partial charge in [-0.15, -0.1) is 0 Å². The second-order valence-corrected chi connectivity index (χ2v) is 9.16. The fourth-order valence-corrected chi connectivity index (χ4v) is 4.52. The highest BCUT2D eigenvalue weighted by Gasteiger charge is 2.22. The van der Waals surface area contributed by atoms with Crippen LogP contribution in [0.15, 0.2) is 46.3 Å². The van der Waals surface area contributed by atoms with Gasteiger partial charge in [-0.1, -0.05) is 43.6 Å². The van der Waals surface area contributed by atoms with Crippen molar-refractivity contribution in [3.63, 3.8) is 0 Å². The van der Waals surface area contributed by atoms with Crippen molar-refractivity contribution in [2.45, 2.75) is 51.2 Å². The van der Waals surface area contributed by atoms with Gasteiger partial charge >= 0.3 is 0 Å². The zero-order chi connectivity index (χ0) is 24.1. The first-order chi connectivity index (χ1) is 15.8. The van der Waals surface area contributed by atoms with Crippen LogP contribution in [0.5, 0.6) is 0 Å². The fraction of sp³-hybridized carbons (Fsp3) is 0.375. The van der Waals surface area contributed by atoms with Crippen LogP contribution < -0.4 is 5.56 Å². The van der Waals surface area contributed by atoms with Gasteiger partial charge in [0.05, 0.1) is 22.3 Å². The van der Waals surface area contributed by atoms with E-state index in [1.165, 1.54) is 12.1 Å². The molecule has 0 radical (unpaired) electrons. The number of thioether (sulfide) groups is 1. The van der Waals surface area contributed by atoms with Crippen molar-refractivity contribution in [1.82, 2.24) is 14.5 Å². The van der Waals surface area contributed by atoms with Crippen LogP contribution in [-0.2, 0) is 4.79 Å². The summed E-state index contributed by atoms with van der Waals surface area (Å²) in [4.78, 5) is 32.7. The van der Waals surface area contributed by atoms with E-state index in [1.54, 1.807) is 12.1 Å². The molecule has 33 heavy (non-hydrogen) atoms. The highest BCUT2D eigenvalue weighted by atomic mass is 35.5. The van der Waals surface area contributed by atoms with Gasteiger partial charge in [0.25, 0.3) is 5.56 Å². The third-order valence-corrected chi connectivity index (χ3v) is 6.63. The van der Waals surface area contributed by atoms with Crippen LogP contribution >= 0.6 is 23.4 Å². The van der Waals surface area contributed by atoms with Gasteiger partial charge in [0.1, 0.15) is 11.6 Å². The Morgan fingerprint density at radius 3 is 2.64 bits per heavy atom. The van der Waals surface area contributed by atoms with Gasteiger partial charge in [-0.2, -0.15) is 0 Å². The van der Waals surface area contributed by atoms with Gasteiger partial charge in [-0.3, -0.25) is 14.2 Å². The molecule has 1 atom stereocenters. The van der Waals surface area contributed by atoms with E-state index in [-0.39, 0.29) is 33.9 Å². The van der Waals surface area contributed by atoms with E-state index in [4.69, 9.17) is 11.6 Å². The number of carbonyl (C=O) groups excluding carboxylic acids is 1. The Balaban J connectivity index is 2.05. The SMILES string of the molecule is CCCCN(C(=O)CSc1nc2ccc(Cl)cc2c(=O)n1-c1ccc(F)cc1F)C(C)CC. The number of benzene rings is 2. The molecule has 0 aliphatic rings. The highest BCUT2D eigenvalue weighted by molar-refractivity contribution is 7.99. The third kappa shape index (κ3) is 5.73. The molecule has 0 N–H and O–H groups in total. The van der Waals surface area contributed by atoms with Gasteiger partial charge in [0, 0.05) is 23.7 Å². The standard InChI is InChI=1S/C24H26ClF2N3O2S/c1-4-6-11-29(15(3)5-2)22(31)14-33-24-28-20-9-7-16(25)12-18(20)23(32)30(24)21-10-8-17(26)13-19(21)27/h7-10,12-13,15H,4-6,11,14H2,1-3H3. The van der Waals surface area contributed by atoms with Crippen molar-refractivity contribution in [3.05, 3.63) is 63.4 Å². The number of unbranched alkanes of at least 4 members (excludes halogenated alkanes) is 1. The van der Waals surface area contributed by atoms with Crippen LogP contribution in [0.1, 0.15) is 40.0 Å². The van der Waals surface area contributed by atoms with Crippen LogP contribution in [0, 0.1) is 11.6 Å². The molecule has 9 heteroatoms. The summed E-state index contributed by atoms with van der Waals surface area (Å²) in [7, 11) is 0. The van der Waals surface area contributed by atoms with E-state index in [0.717, 1.165) is 41.7 Å². The predicted octanol–water partition coefficient (Wildman–Crippen LogP) is 5.84. The summed E-state index contributed by atoms with van der Waals surface area (Å²) in [5, 5.41) is 0.683. The minimum Gasteiger partial charge on any atom is -0.339 e. The molecular formula is C24H26ClF2N3O2S. The number of nitrogens with zero attached hydrogens (tertiary/aromatic N) is 3. The molecule has 3 rings (SSSR count). The largest absolute Gasteiger partial charge is 0.339 e. The van der Waals surface area contributed by atoms with Crippen LogP contribution in [0.25, 0.3) is 16.6 Å². The van der Waals surface area contributed by atoms with Gasteiger partial charge < -0.3 is 4.90 Å². The maximum absolute atomic E-state index is 14.7. The van der Waals surface area contributed by atoms with Crippen molar-refractivity contribution in [2.75, 3.05) is 12.3 Å². The first-order valence-corrected chi connectivity index (χ1v) is 12.2. The Morgan fingerprint density at radius 2 is 1.97 bits per heavy atom. The zero-order valence-electron chi connectivity index (χ0n) is 18.8. The number of hydrogen-bond donors (Lipinski definition) is 0. The van der Waals surface area contributed by atoms with Crippen molar-refractivity contribution in [2.24, 2.45) is 0 Å². The second-order valence-electron chi connectivity index (χ2n) is 7.78. The predicted molar refractivity (Wildman–Crippen MR) is 129 cm³/mol. The van der Waals surface area contributed by atoms with Crippen LogP contribution in [0.4, 0.5) is 8.78 Å². The second kappa shape index (κ2) is 11.1. The summed E-state index contributed by atoms with van der Waals surface area (Å²) in [6.45, 7) is 6.73. The maximum atomic E-state index is 14.7. The number of amides is 1. The molecule has 5 nitrogen and oxygen atoms in total. The summed E-state index contributed by atoms with van der Waals surface area (Å²) in [6.07, 6.45) is 2.67. The molecule has 0 aliphatic carbocycles. The van der Waals surface area contributed by atoms with Gasteiger partial charge in [0.15, 0.2) is 5.16 Å². The Kier molecular flexibility index (Phi) is 8.48. The number of fused-ring (bicyclic) bond motifs is 1. The minimum atomic E-state index is -0.905. The Bertz CT molecular complexity index is 1220. The molecule has 0 aliphatic heterocycles. The molecule has 1 aromatic heterocycles. The molecule has 0 fully saturated rings. The number of hydrogen-bond acceptors (Lipinski definition) is 4. The van der Waals surface area contributed by atoms with Crippen molar-refractivity contribution in [1.29, 1.82) is 0 Å². The van der Waals surface area contributed by atoms with Crippen LogP contribution in [-0.4, -0.2) is 38.7 Å². The molecule has 0 saturated heterocycles. The zero-order valence-corrected chi connectivity index (χ0v) is 20.3. The molecular weight excluding hydrogens is 468 g/mol. The summed E-state index contributed by atoms with van der Waals surface area (Å²) in [5.41, 5.74) is -0.314. The average molecular weight is 494 g/mol. The van der Waals surface area contributed by atoms with E-state index in [9.17, 15) is 18.4 Å². The lowest BCUT2D eigenvalue weighted by Gasteiger charge is -2.28. The molecule has 1 heterocycles. The molecule has 1 unspecified atom stereocenters. The van der Waals surface area contributed by atoms with E-state index in [0.29, 0.717) is 23.2 Å². The van der Waals surface area contributed by atoms with Crippen molar-refractivity contribution in [3.8, 4) is 5.69 Å². The maximum Gasteiger partial charge on any atom is 0.266 e. The van der Waals surface area contributed by atoms with E-state index in [1.807, 2.05) is 18.7 Å². The number of rotatable bonds is 9. The lowest BCUT2D eigenvalue weighted by Crippen LogP contribution is -2.40. The Labute approximate surface area is 200 Å². The van der Waals surface area contributed by atoms with Gasteiger partial charge in [-0.05, 0) is 50.1 Å². The summed E-state index contributed by atoms with van der Waals surface area (Å²) in [6, 6.07) is 7.70. The van der Waals surface area contributed by atoms with E-state index in [2.05, 4.69) is 11.9 Å². The van der Waals surface area contributed by atoms with Crippen molar-refractivity contribution >= 4 is 40.2 Å².